The Morgan fingerprint density at radius 3 is 2.35 bits per heavy atom. The quantitative estimate of drug-likeness (QED) is 0.372. The van der Waals surface area contributed by atoms with Crippen LogP contribution < -0.4 is 5.73 Å². The zero-order chi connectivity index (χ0) is 13.3. The molecule has 3 nitrogen and oxygen atoms in total. The van der Waals surface area contributed by atoms with E-state index in [1.54, 1.807) is 0 Å². The van der Waals surface area contributed by atoms with Crippen LogP contribution >= 0.6 is 24.0 Å². The summed E-state index contributed by atoms with van der Waals surface area (Å²) in [7, 11) is 0. The molecule has 0 unspecified atom stereocenters. The second-order valence-electron chi connectivity index (χ2n) is 5.23. The van der Waals surface area contributed by atoms with Crippen molar-refractivity contribution in [1.29, 1.82) is 0 Å². The van der Waals surface area contributed by atoms with Gasteiger partial charge in [0.25, 0.3) is 0 Å². The molecule has 2 rings (SSSR count). The van der Waals surface area contributed by atoms with E-state index in [9.17, 15) is 0 Å². The first kappa shape index (κ1) is 17.3. The minimum absolute atomic E-state index is 0. The van der Waals surface area contributed by atoms with Gasteiger partial charge in [0.05, 0.1) is 0 Å². The van der Waals surface area contributed by atoms with Gasteiger partial charge in [-0.2, -0.15) is 0 Å². The van der Waals surface area contributed by atoms with Gasteiger partial charge in [0, 0.05) is 19.6 Å². The number of aliphatic imine (C=N–C) groups is 1. The van der Waals surface area contributed by atoms with Gasteiger partial charge in [-0.1, -0.05) is 43.2 Å². The van der Waals surface area contributed by atoms with Crippen molar-refractivity contribution in [2.45, 2.75) is 38.5 Å². The number of rotatable bonds is 4. The van der Waals surface area contributed by atoms with Crippen LogP contribution in [-0.4, -0.2) is 30.5 Å². The van der Waals surface area contributed by atoms with Crippen molar-refractivity contribution in [3.8, 4) is 0 Å². The summed E-state index contributed by atoms with van der Waals surface area (Å²) < 4.78 is 0. The third-order valence-corrected chi connectivity index (χ3v) is 3.67. The molecule has 20 heavy (non-hydrogen) atoms. The minimum atomic E-state index is 0. The third-order valence-electron chi connectivity index (χ3n) is 3.67. The highest BCUT2D eigenvalue weighted by atomic mass is 127. The summed E-state index contributed by atoms with van der Waals surface area (Å²) in [6.07, 6.45) is 7.31. The lowest BCUT2D eigenvalue weighted by atomic mass is 10.1. The standard InChI is InChI=1S/C16H25N3.HI/c17-16(19-13-6-1-2-7-14-19)18-12-8-11-15-9-4-3-5-10-15;/h3-5,9-10H,1-2,6-8,11-14H2,(H2,17,18);1H. The molecule has 112 valence electrons. The molecule has 0 spiro atoms. The Hall–Kier alpha value is -0.780. The smallest absolute Gasteiger partial charge is 0.191 e. The van der Waals surface area contributed by atoms with Crippen LogP contribution in [0.15, 0.2) is 35.3 Å². The first-order valence-corrected chi connectivity index (χ1v) is 7.45. The molecule has 1 aliphatic heterocycles. The summed E-state index contributed by atoms with van der Waals surface area (Å²) in [6, 6.07) is 10.6. The van der Waals surface area contributed by atoms with Gasteiger partial charge in [0.15, 0.2) is 5.96 Å². The third kappa shape index (κ3) is 6.11. The lowest BCUT2D eigenvalue weighted by Gasteiger charge is -2.21. The molecular formula is C16H26IN3. The lowest BCUT2D eigenvalue weighted by Crippen LogP contribution is -2.38. The Kier molecular flexibility index (Phi) is 8.65. The summed E-state index contributed by atoms with van der Waals surface area (Å²) in [6.45, 7) is 2.99. The van der Waals surface area contributed by atoms with Crippen LogP contribution in [0.2, 0.25) is 0 Å². The number of hydrogen-bond donors (Lipinski definition) is 1. The number of hydrogen-bond acceptors (Lipinski definition) is 1. The second kappa shape index (κ2) is 10.0. The second-order valence-corrected chi connectivity index (χ2v) is 5.23. The molecule has 1 fully saturated rings. The van der Waals surface area contributed by atoms with E-state index in [-0.39, 0.29) is 24.0 Å². The van der Waals surface area contributed by atoms with Gasteiger partial charge in [0.2, 0.25) is 0 Å². The predicted octanol–water partition coefficient (Wildman–Crippen LogP) is 3.43. The number of likely N-dealkylation sites (tertiary alicyclic amines) is 1. The van der Waals surface area contributed by atoms with E-state index < -0.39 is 0 Å². The van der Waals surface area contributed by atoms with Crippen molar-refractivity contribution in [3.63, 3.8) is 0 Å². The first-order valence-electron chi connectivity index (χ1n) is 7.45. The first-order chi connectivity index (χ1) is 9.36. The van der Waals surface area contributed by atoms with Crippen molar-refractivity contribution in [2.24, 2.45) is 10.7 Å². The maximum Gasteiger partial charge on any atom is 0.191 e. The Labute approximate surface area is 139 Å². The van der Waals surface area contributed by atoms with Crippen LogP contribution in [-0.2, 0) is 6.42 Å². The highest BCUT2D eigenvalue weighted by Crippen LogP contribution is 2.09. The predicted molar refractivity (Wildman–Crippen MR) is 96.7 cm³/mol. The molecule has 1 aliphatic rings. The zero-order valence-corrected chi connectivity index (χ0v) is 14.5. The fraction of sp³-hybridized carbons (Fsp3) is 0.562. The molecule has 4 heteroatoms. The van der Waals surface area contributed by atoms with E-state index in [1.165, 1.54) is 31.2 Å². The number of halogens is 1. The van der Waals surface area contributed by atoms with Crippen molar-refractivity contribution >= 4 is 29.9 Å². The largest absolute Gasteiger partial charge is 0.370 e. The van der Waals surface area contributed by atoms with Crippen molar-refractivity contribution < 1.29 is 0 Å². The van der Waals surface area contributed by atoms with E-state index in [1.807, 2.05) is 0 Å². The summed E-state index contributed by atoms with van der Waals surface area (Å²) in [4.78, 5) is 6.77. The van der Waals surface area contributed by atoms with Crippen LogP contribution in [0.1, 0.15) is 37.7 Å². The van der Waals surface area contributed by atoms with Crippen LogP contribution in [0.3, 0.4) is 0 Å². The van der Waals surface area contributed by atoms with E-state index in [0.29, 0.717) is 0 Å². The van der Waals surface area contributed by atoms with Crippen molar-refractivity contribution in [1.82, 2.24) is 4.90 Å². The summed E-state index contributed by atoms with van der Waals surface area (Å²) in [5, 5.41) is 0. The lowest BCUT2D eigenvalue weighted by molar-refractivity contribution is 0.428. The molecule has 1 aromatic rings. The van der Waals surface area contributed by atoms with Gasteiger partial charge in [-0.05, 0) is 31.2 Å². The Bertz CT molecular complexity index is 384. The highest BCUT2D eigenvalue weighted by Gasteiger charge is 2.10. The van der Waals surface area contributed by atoms with E-state index in [2.05, 4.69) is 40.2 Å². The van der Waals surface area contributed by atoms with Crippen LogP contribution in [0, 0.1) is 0 Å². The molecule has 0 amide bonds. The van der Waals surface area contributed by atoms with Crippen LogP contribution in [0.4, 0.5) is 0 Å². The zero-order valence-electron chi connectivity index (χ0n) is 12.1. The molecule has 0 saturated carbocycles. The fourth-order valence-electron chi connectivity index (χ4n) is 2.52. The van der Waals surface area contributed by atoms with Gasteiger partial charge >= 0.3 is 0 Å². The van der Waals surface area contributed by atoms with E-state index >= 15 is 0 Å². The molecule has 1 aromatic carbocycles. The van der Waals surface area contributed by atoms with Crippen LogP contribution in [0.5, 0.6) is 0 Å². The Morgan fingerprint density at radius 1 is 1.05 bits per heavy atom. The minimum Gasteiger partial charge on any atom is -0.370 e. The average molecular weight is 387 g/mol. The molecule has 0 aromatic heterocycles. The maximum atomic E-state index is 6.07. The number of guanidine groups is 1. The number of benzene rings is 1. The summed E-state index contributed by atoms with van der Waals surface area (Å²) in [5.41, 5.74) is 7.45. The highest BCUT2D eigenvalue weighted by molar-refractivity contribution is 14.0. The molecule has 2 N–H and O–H groups in total. The maximum absolute atomic E-state index is 6.07. The summed E-state index contributed by atoms with van der Waals surface area (Å²) in [5.74, 6) is 0.745. The Balaban J connectivity index is 0.00000200. The number of nitrogens with zero attached hydrogens (tertiary/aromatic N) is 2. The van der Waals surface area contributed by atoms with E-state index in [4.69, 9.17) is 5.73 Å². The molecule has 0 aliphatic carbocycles. The van der Waals surface area contributed by atoms with Crippen molar-refractivity contribution in [3.05, 3.63) is 35.9 Å². The molecule has 1 saturated heterocycles. The van der Waals surface area contributed by atoms with Gasteiger partial charge in [-0.15, -0.1) is 24.0 Å². The van der Waals surface area contributed by atoms with Gasteiger partial charge < -0.3 is 10.6 Å². The SMILES string of the molecule is I.NC(=NCCCc1ccccc1)N1CCCCCC1. The monoisotopic (exact) mass is 387 g/mol. The van der Waals surface area contributed by atoms with Gasteiger partial charge in [-0.3, -0.25) is 4.99 Å². The summed E-state index contributed by atoms with van der Waals surface area (Å²) >= 11 is 0. The van der Waals surface area contributed by atoms with Crippen LogP contribution in [0.25, 0.3) is 0 Å². The average Bonchev–Trinajstić information content (AvgIpc) is 2.73. The van der Waals surface area contributed by atoms with Crippen molar-refractivity contribution in [2.75, 3.05) is 19.6 Å². The van der Waals surface area contributed by atoms with E-state index in [0.717, 1.165) is 38.4 Å². The van der Waals surface area contributed by atoms with Gasteiger partial charge in [-0.25, -0.2) is 0 Å². The molecule has 0 atom stereocenters. The molecule has 0 bridgehead atoms. The molecular weight excluding hydrogens is 361 g/mol. The number of nitrogens with two attached hydrogens (primary N) is 1. The normalized spacial score (nSPS) is 16.4. The topological polar surface area (TPSA) is 41.6 Å². The molecule has 0 radical (unpaired) electrons. The number of aryl methyl sites for hydroxylation is 1. The Morgan fingerprint density at radius 2 is 1.70 bits per heavy atom. The fourth-order valence-corrected chi connectivity index (χ4v) is 2.52. The van der Waals surface area contributed by atoms with Gasteiger partial charge in [0.1, 0.15) is 0 Å². The molecule has 1 heterocycles.